The normalized spacial score (nSPS) is 12.0. The fourth-order valence-electron chi connectivity index (χ4n) is 2.64. The summed E-state index contributed by atoms with van der Waals surface area (Å²) >= 11 is 6.04. The van der Waals surface area contributed by atoms with E-state index in [9.17, 15) is 14.0 Å². The highest BCUT2D eigenvalue weighted by Crippen LogP contribution is 2.28. The summed E-state index contributed by atoms with van der Waals surface area (Å²) in [6, 6.07) is 11.5. The van der Waals surface area contributed by atoms with E-state index >= 15 is 0 Å². The average Bonchev–Trinajstić information content (AvgIpc) is 2.99. The molecule has 0 bridgehead atoms. The monoisotopic (exact) mass is 389 g/mol. The lowest BCUT2D eigenvalue weighted by Crippen LogP contribution is -2.35. The smallest absolute Gasteiger partial charge is 0.375 e. The number of furan rings is 1. The minimum atomic E-state index is -1.06. The molecule has 0 radical (unpaired) electrons. The maximum absolute atomic E-state index is 13.8. The van der Waals surface area contributed by atoms with Gasteiger partial charge in [-0.25, -0.2) is 9.18 Å². The summed E-state index contributed by atoms with van der Waals surface area (Å²) in [7, 11) is 0. The number of fused-ring (bicyclic) bond motifs is 1. The van der Waals surface area contributed by atoms with Gasteiger partial charge in [-0.15, -0.1) is 0 Å². The number of halogens is 2. The first kappa shape index (κ1) is 18.9. The number of hydrogen-bond acceptors (Lipinski definition) is 4. The minimum Gasteiger partial charge on any atom is -0.447 e. The molecule has 0 spiro atoms. The van der Waals surface area contributed by atoms with Crippen LogP contribution in [-0.4, -0.2) is 18.0 Å². The highest BCUT2D eigenvalue weighted by atomic mass is 35.5. The van der Waals surface area contributed by atoms with Crippen molar-refractivity contribution in [1.82, 2.24) is 5.32 Å². The van der Waals surface area contributed by atoms with Crippen molar-refractivity contribution >= 4 is 34.4 Å². The first-order valence-electron chi connectivity index (χ1n) is 8.28. The Morgan fingerprint density at radius 3 is 2.67 bits per heavy atom. The number of aryl methyl sites for hydroxylation is 1. The van der Waals surface area contributed by atoms with Gasteiger partial charge in [-0.05, 0) is 31.5 Å². The number of benzene rings is 2. The third-order valence-electron chi connectivity index (χ3n) is 4.17. The van der Waals surface area contributed by atoms with Crippen molar-refractivity contribution in [3.05, 3.63) is 70.2 Å². The molecule has 140 valence electrons. The molecule has 0 aliphatic rings. The van der Waals surface area contributed by atoms with Crippen LogP contribution in [0.2, 0.25) is 5.02 Å². The Labute approximate surface area is 160 Å². The number of ether oxygens (including phenoxy) is 1. The molecule has 1 amide bonds. The zero-order valence-corrected chi connectivity index (χ0v) is 15.5. The molecule has 0 saturated carbocycles. The molecule has 0 aliphatic heterocycles. The van der Waals surface area contributed by atoms with Crippen LogP contribution in [0.25, 0.3) is 11.0 Å². The Morgan fingerprint density at radius 1 is 1.22 bits per heavy atom. The highest BCUT2D eigenvalue weighted by molar-refractivity contribution is 6.31. The van der Waals surface area contributed by atoms with Crippen LogP contribution >= 0.6 is 11.6 Å². The predicted octanol–water partition coefficient (Wildman–Crippen LogP) is 4.40. The van der Waals surface area contributed by atoms with Gasteiger partial charge in [-0.1, -0.05) is 41.9 Å². The number of esters is 1. The predicted molar refractivity (Wildman–Crippen MR) is 99.1 cm³/mol. The number of nitrogens with one attached hydrogen (secondary N) is 1. The quantitative estimate of drug-likeness (QED) is 0.657. The number of carbonyl (C=O) groups excluding carboxylic acids is 2. The van der Waals surface area contributed by atoms with Gasteiger partial charge in [0.05, 0.1) is 0 Å². The van der Waals surface area contributed by atoms with Crippen LogP contribution in [0, 0.1) is 12.7 Å². The Bertz CT molecular complexity index is 1010. The molecule has 1 N–H and O–H groups in total. The van der Waals surface area contributed by atoms with E-state index in [1.807, 2.05) is 0 Å². The second-order valence-corrected chi connectivity index (χ2v) is 6.44. The lowest BCUT2D eigenvalue weighted by atomic mass is 10.1. The van der Waals surface area contributed by atoms with Gasteiger partial charge >= 0.3 is 5.97 Å². The van der Waals surface area contributed by atoms with Crippen LogP contribution in [0.3, 0.4) is 0 Å². The number of rotatable bonds is 5. The molecule has 5 nitrogen and oxygen atoms in total. The maximum atomic E-state index is 13.8. The standard InChI is InChI=1S/C20H17ClFNO4/c1-11-14-7-5-9-16(22)18(14)27-17(11)20(25)26-12(2)19(24)23-10-13-6-3-4-8-15(13)21/h3-9,12H,10H2,1-2H3,(H,23,24)/t12-/m1/s1. The van der Waals surface area contributed by atoms with E-state index < -0.39 is 23.8 Å². The van der Waals surface area contributed by atoms with Crippen molar-refractivity contribution in [3.63, 3.8) is 0 Å². The van der Waals surface area contributed by atoms with Crippen LogP contribution in [0.5, 0.6) is 0 Å². The highest BCUT2D eigenvalue weighted by Gasteiger charge is 2.25. The van der Waals surface area contributed by atoms with E-state index in [0.29, 0.717) is 16.0 Å². The average molecular weight is 390 g/mol. The Morgan fingerprint density at radius 2 is 1.96 bits per heavy atom. The molecule has 3 rings (SSSR count). The van der Waals surface area contributed by atoms with Crippen LogP contribution in [-0.2, 0) is 16.1 Å². The van der Waals surface area contributed by atoms with Crippen molar-refractivity contribution < 1.29 is 23.1 Å². The second kappa shape index (κ2) is 7.80. The summed E-state index contributed by atoms with van der Waals surface area (Å²) in [5, 5.41) is 3.67. The summed E-state index contributed by atoms with van der Waals surface area (Å²) in [6.07, 6.45) is -1.06. The summed E-state index contributed by atoms with van der Waals surface area (Å²) in [5.74, 6) is -2.01. The molecule has 1 atom stereocenters. The van der Waals surface area contributed by atoms with Gasteiger partial charge in [-0.3, -0.25) is 4.79 Å². The van der Waals surface area contributed by atoms with E-state index in [-0.39, 0.29) is 17.9 Å². The molecule has 27 heavy (non-hydrogen) atoms. The van der Waals surface area contributed by atoms with E-state index in [4.69, 9.17) is 20.8 Å². The molecule has 1 heterocycles. The van der Waals surface area contributed by atoms with Gasteiger partial charge in [0.25, 0.3) is 5.91 Å². The van der Waals surface area contributed by atoms with Crippen LogP contribution in [0.15, 0.2) is 46.9 Å². The second-order valence-electron chi connectivity index (χ2n) is 6.03. The SMILES string of the molecule is Cc1c(C(=O)O[C@H](C)C(=O)NCc2ccccc2Cl)oc2c(F)cccc12. The van der Waals surface area contributed by atoms with Gasteiger partial charge in [0, 0.05) is 22.5 Å². The molecule has 7 heteroatoms. The number of para-hydroxylation sites is 1. The summed E-state index contributed by atoms with van der Waals surface area (Å²) < 4.78 is 24.3. The van der Waals surface area contributed by atoms with Crippen LogP contribution in [0.1, 0.15) is 28.6 Å². The topological polar surface area (TPSA) is 68.5 Å². The van der Waals surface area contributed by atoms with Gasteiger partial charge in [0.2, 0.25) is 5.76 Å². The summed E-state index contributed by atoms with van der Waals surface area (Å²) in [5.41, 5.74) is 1.19. The minimum absolute atomic E-state index is 0.0159. The fourth-order valence-corrected chi connectivity index (χ4v) is 2.84. The van der Waals surface area contributed by atoms with Gasteiger partial charge in [-0.2, -0.15) is 0 Å². The van der Waals surface area contributed by atoms with Crippen molar-refractivity contribution in [2.24, 2.45) is 0 Å². The van der Waals surface area contributed by atoms with E-state index in [1.54, 1.807) is 37.3 Å². The van der Waals surface area contributed by atoms with Gasteiger partial charge in [0.15, 0.2) is 17.5 Å². The molecule has 0 fully saturated rings. The van der Waals surface area contributed by atoms with E-state index in [1.165, 1.54) is 19.1 Å². The first-order valence-corrected chi connectivity index (χ1v) is 8.66. The molecular formula is C20H17ClFNO4. The molecule has 2 aromatic carbocycles. The summed E-state index contributed by atoms with van der Waals surface area (Å²) in [4.78, 5) is 24.5. The van der Waals surface area contributed by atoms with Crippen LogP contribution in [0.4, 0.5) is 4.39 Å². The lowest BCUT2D eigenvalue weighted by Gasteiger charge is -2.13. The van der Waals surface area contributed by atoms with E-state index in [2.05, 4.69) is 5.32 Å². The lowest BCUT2D eigenvalue weighted by molar-refractivity contribution is -0.129. The van der Waals surface area contributed by atoms with E-state index in [0.717, 1.165) is 5.56 Å². The van der Waals surface area contributed by atoms with Gasteiger partial charge in [0.1, 0.15) is 0 Å². The largest absolute Gasteiger partial charge is 0.447 e. The first-order chi connectivity index (χ1) is 12.9. The fraction of sp³-hybridized carbons (Fsp3) is 0.200. The number of amides is 1. The number of carbonyl (C=O) groups is 2. The van der Waals surface area contributed by atoms with Crippen molar-refractivity contribution in [3.8, 4) is 0 Å². The molecule has 0 saturated heterocycles. The molecule has 0 unspecified atom stereocenters. The zero-order chi connectivity index (χ0) is 19.6. The Hall–Kier alpha value is -2.86. The van der Waals surface area contributed by atoms with Gasteiger partial charge < -0.3 is 14.5 Å². The van der Waals surface area contributed by atoms with Crippen molar-refractivity contribution in [2.75, 3.05) is 0 Å². The third-order valence-corrected chi connectivity index (χ3v) is 4.53. The molecule has 0 aliphatic carbocycles. The molecule has 1 aromatic heterocycles. The molecular weight excluding hydrogens is 373 g/mol. The Kier molecular flexibility index (Phi) is 5.46. The maximum Gasteiger partial charge on any atom is 0.375 e. The zero-order valence-electron chi connectivity index (χ0n) is 14.7. The Balaban J connectivity index is 1.67. The van der Waals surface area contributed by atoms with Crippen LogP contribution < -0.4 is 5.32 Å². The number of hydrogen-bond donors (Lipinski definition) is 1. The third kappa shape index (κ3) is 3.95. The van der Waals surface area contributed by atoms with Crippen molar-refractivity contribution in [1.29, 1.82) is 0 Å². The molecule has 3 aromatic rings. The summed E-state index contributed by atoms with van der Waals surface area (Å²) in [6.45, 7) is 3.28. The van der Waals surface area contributed by atoms with Crippen molar-refractivity contribution in [2.45, 2.75) is 26.5 Å².